The molecule has 84 valence electrons. The van der Waals surface area contributed by atoms with E-state index in [9.17, 15) is 4.39 Å². The molecule has 16 heavy (non-hydrogen) atoms. The lowest BCUT2D eigenvalue weighted by molar-refractivity contribution is 0.630. The van der Waals surface area contributed by atoms with Crippen LogP contribution in [0.5, 0.6) is 0 Å². The molecular formula is C12H14FN3. The maximum Gasteiger partial charge on any atom is 0.148 e. The monoisotopic (exact) mass is 219 g/mol. The minimum Gasteiger partial charge on any atom is -0.397 e. The molecule has 0 bridgehead atoms. The van der Waals surface area contributed by atoms with Crippen LogP contribution in [0, 0.1) is 5.82 Å². The van der Waals surface area contributed by atoms with Crippen molar-refractivity contribution in [1.82, 2.24) is 4.98 Å². The summed E-state index contributed by atoms with van der Waals surface area (Å²) in [7, 11) is 0. The molecule has 0 spiro atoms. The third kappa shape index (κ3) is 2.34. The molecule has 0 saturated carbocycles. The minimum absolute atomic E-state index is 0.313. The molecule has 1 aromatic heterocycles. The lowest BCUT2D eigenvalue weighted by Gasteiger charge is -2.09. The van der Waals surface area contributed by atoms with E-state index in [0.717, 1.165) is 12.1 Å². The van der Waals surface area contributed by atoms with Crippen molar-refractivity contribution < 1.29 is 4.39 Å². The third-order valence-corrected chi connectivity index (χ3v) is 2.40. The first-order valence-corrected chi connectivity index (χ1v) is 5.17. The highest BCUT2D eigenvalue weighted by Gasteiger charge is 2.04. The number of hydrogen-bond acceptors (Lipinski definition) is 2. The molecule has 0 saturated heterocycles. The van der Waals surface area contributed by atoms with Crippen molar-refractivity contribution in [2.75, 3.05) is 17.6 Å². The molecule has 2 rings (SSSR count). The summed E-state index contributed by atoms with van der Waals surface area (Å²) < 4.78 is 13.4. The Bertz CT molecular complexity index is 431. The van der Waals surface area contributed by atoms with Gasteiger partial charge in [0.2, 0.25) is 0 Å². The number of halogens is 1. The smallest absolute Gasteiger partial charge is 0.148 e. The van der Waals surface area contributed by atoms with Crippen LogP contribution < -0.4 is 11.1 Å². The van der Waals surface area contributed by atoms with Crippen LogP contribution in [0.25, 0.3) is 0 Å². The van der Waals surface area contributed by atoms with Gasteiger partial charge in [-0.1, -0.05) is 6.07 Å². The van der Waals surface area contributed by atoms with E-state index in [1.54, 1.807) is 12.1 Å². The number of hydrogen-bond donors (Lipinski definition) is 3. The van der Waals surface area contributed by atoms with E-state index in [2.05, 4.69) is 10.3 Å². The average Bonchev–Trinajstić information content (AvgIpc) is 2.75. The van der Waals surface area contributed by atoms with Gasteiger partial charge in [0.25, 0.3) is 0 Å². The molecule has 0 aliphatic heterocycles. The average molecular weight is 219 g/mol. The summed E-state index contributed by atoms with van der Waals surface area (Å²) in [6.07, 6.45) is 2.67. The second kappa shape index (κ2) is 4.70. The Morgan fingerprint density at radius 1 is 1.25 bits per heavy atom. The van der Waals surface area contributed by atoms with Gasteiger partial charge in [-0.3, -0.25) is 0 Å². The van der Waals surface area contributed by atoms with Crippen molar-refractivity contribution in [1.29, 1.82) is 0 Å². The van der Waals surface area contributed by atoms with E-state index >= 15 is 0 Å². The molecular weight excluding hydrogens is 205 g/mol. The van der Waals surface area contributed by atoms with Crippen LogP contribution >= 0.6 is 0 Å². The first-order valence-electron chi connectivity index (χ1n) is 5.17. The summed E-state index contributed by atoms with van der Waals surface area (Å²) in [5, 5.41) is 3.00. The van der Waals surface area contributed by atoms with E-state index in [4.69, 9.17) is 5.73 Å². The van der Waals surface area contributed by atoms with Crippen LogP contribution in [0.2, 0.25) is 0 Å². The van der Waals surface area contributed by atoms with E-state index in [1.807, 2.05) is 18.3 Å². The number of para-hydroxylation sites is 1. The van der Waals surface area contributed by atoms with Crippen LogP contribution in [-0.2, 0) is 6.42 Å². The molecule has 0 aliphatic carbocycles. The lowest BCUT2D eigenvalue weighted by Crippen LogP contribution is -2.08. The molecule has 0 aliphatic rings. The standard InChI is InChI=1S/C12H14FN3/c13-10-4-1-5-11(14)12(10)16-8-6-9-3-2-7-15-9/h1-5,7,15-16H,6,8,14H2. The van der Waals surface area contributed by atoms with Gasteiger partial charge in [0.15, 0.2) is 0 Å². The fourth-order valence-corrected chi connectivity index (χ4v) is 1.57. The number of nitrogens with two attached hydrogens (primary N) is 1. The van der Waals surface area contributed by atoms with Crippen molar-refractivity contribution in [2.45, 2.75) is 6.42 Å². The van der Waals surface area contributed by atoms with Gasteiger partial charge < -0.3 is 16.0 Å². The zero-order chi connectivity index (χ0) is 11.4. The SMILES string of the molecule is Nc1cccc(F)c1NCCc1ccc[nH]1. The number of H-pyrrole nitrogens is 1. The van der Waals surface area contributed by atoms with Gasteiger partial charge in [-0.15, -0.1) is 0 Å². The molecule has 0 fully saturated rings. The van der Waals surface area contributed by atoms with Gasteiger partial charge in [0, 0.05) is 24.9 Å². The third-order valence-electron chi connectivity index (χ3n) is 2.40. The van der Waals surface area contributed by atoms with Gasteiger partial charge >= 0.3 is 0 Å². The molecule has 0 atom stereocenters. The summed E-state index contributed by atoms with van der Waals surface area (Å²) in [6.45, 7) is 0.644. The van der Waals surface area contributed by atoms with Crippen molar-refractivity contribution in [3.8, 4) is 0 Å². The van der Waals surface area contributed by atoms with Gasteiger partial charge in [0.05, 0.1) is 11.4 Å². The summed E-state index contributed by atoms with van der Waals surface area (Å²) in [4.78, 5) is 3.09. The molecule has 4 N–H and O–H groups in total. The highest BCUT2D eigenvalue weighted by atomic mass is 19.1. The normalized spacial score (nSPS) is 10.3. The van der Waals surface area contributed by atoms with Crippen LogP contribution in [0.3, 0.4) is 0 Å². The highest BCUT2D eigenvalue weighted by molar-refractivity contribution is 5.66. The topological polar surface area (TPSA) is 53.8 Å². The maximum atomic E-state index is 13.4. The first-order chi connectivity index (χ1) is 7.77. The van der Waals surface area contributed by atoms with Gasteiger partial charge in [-0.05, 0) is 24.3 Å². The van der Waals surface area contributed by atoms with Crippen LogP contribution in [0.1, 0.15) is 5.69 Å². The van der Waals surface area contributed by atoms with Crippen LogP contribution in [0.15, 0.2) is 36.5 Å². The Hall–Kier alpha value is -1.97. The molecule has 4 heteroatoms. The van der Waals surface area contributed by atoms with Crippen LogP contribution in [-0.4, -0.2) is 11.5 Å². The number of aromatic amines is 1. The fraction of sp³-hybridized carbons (Fsp3) is 0.167. The number of aromatic nitrogens is 1. The Morgan fingerprint density at radius 2 is 2.12 bits per heavy atom. The zero-order valence-corrected chi connectivity index (χ0v) is 8.83. The zero-order valence-electron chi connectivity index (χ0n) is 8.83. The van der Waals surface area contributed by atoms with Crippen molar-refractivity contribution in [2.24, 2.45) is 0 Å². The first kappa shape index (κ1) is 10.5. The number of benzene rings is 1. The predicted molar refractivity (Wildman–Crippen MR) is 63.8 cm³/mol. The maximum absolute atomic E-state index is 13.4. The predicted octanol–water partition coefficient (Wildman–Crippen LogP) is 2.39. The van der Waals surface area contributed by atoms with Gasteiger partial charge in [0.1, 0.15) is 5.82 Å². The summed E-state index contributed by atoms with van der Waals surface area (Å²) in [5.74, 6) is -0.313. The number of nitrogens with one attached hydrogen (secondary N) is 2. The summed E-state index contributed by atoms with van der Waals surface area (Å²) >= 11 is 0. The Labute approximate surface area is 93.5 Å². The fourth-order valence-electron chi connectivity index (χ4n) is 1.57. The molecule has 0 unspecified atom stereocenters. The quantitative estimate of drug-likeness (QED) is 0.691. The van der Waals surface area contributed by atoms with E-state index in [-0.39, 0.29) is 5.82 Å². The Morgan fingerprint density at radius 3 is 2.81 bits per heavy atom. The molecule has 3 nitrogen and oxygen atoms in total. The summed E-state index contributed by atoms with van der Waals surface area (Å²) in [5.41, 5.74) is 7.60. The van der Waals surface area contributed by atoms with Crippen molar-refractivity contribution >= 4 is 11.4 Å². The van der Waals surface area contributed by atoms with Crippen LogP contribution in [0.4, 0.5) is 15.8 Å². The largest absolute Gasteiger partial charge is 0.397 e. The van der Waals surface area contributed by atoms with E-state index in [1.165, 1.54) is 6.07 Å². The van der Waals surface area contributed by atoms with E-state index in [0.29, 0.717) is 17.9 Å². The second-order valence-electron chi connectivity index (χ2n) is 3.58. The Balaban J connectivity index is 1.95. The minimum atomic E-state index is -0.313. The highest BCUT2D eigenvalue weighted by Crippen LogP contribution is 2.21. The second-order valence-corrected chi connectivity index (χ2v) is 3.58. The molecule has 0 amide bonds. The van der Waals surface area contributed by atoms with Crippen molar-refractivity contribution in [3.05, 3.63) is 48.0 Å². The van der Waals surface area contributed by atoms with Crippen molar-refractivity contribution in [3.63, 3.8) is 0 Å². The van der Waals surface area contributed by atoms with E-state index < -0.39 is 0 Å². The molecule has 2 aromatic rings. The number of rotatable bonds is 4. The molecule has 1 aromatic carbocycles. The molecule has 1 heterocycles. The number of nitrogen functional groups attached to an aromatic ring is 1. The molecule has 0 radical (unpaired) electrons. The lowest BCUT2D eigenvalue weighted by atomic mass is 10.2. The Kier molecular flexibility index (Phi) is 3.10. The van der Waals surface area contributed by atoms with Gasteiger partial charge in [-0.2, -0.15) is 0 Å². The number of anilines is 2. The summed E-state index contributed by atoms with van der Waals surface area (Å²) in [6, 6.07) is 8.60. The van der Waals surface area contributed by atoms with Gasteiger partial charge in [-0.25, -0.2) is 4.39 Å².